The van der Waals surface area contributed by atoms with Gasteiger partial charge in [-0.05, 0) is 57.4 Å². The fourth-order valence-electron chi connectivity index (χ4n) is 4.56. The number of piperidine rings is 1. The van der Waals surface area contributed by atoms with Crippen LogP contribution in [0.1, 0.15) is 50.9 Å². The highest BCUT2D eigenvalue weighted by Gasteiger charge is 2.30. The minimum atomic E-state index is -0.935. The number of hydrogen-bond donors (Lipinski definition) is 1. The summed E-state index contributed by atoms with van der Waals surface area (Å²) < 4.78 is 40.3. The van der Waals surface area contributed by atoms with Crippen molar-refractivity contribution >= 4 is 12.1 Å². The van der Waals surface area contributed by atoms with Gasteiger partial charge < -0.3 is 24.3 Å². The number of hydrogen-bond acceptors (Lipinski definition) is 6. The quantitative estimate of drug-likeness (QED) is 0.286. The monoisotopic (exact) mass is 554 g/mol. The van der Waals surface area contributed by atoms with Gasteiger partial charge in [0.1, 0.15) is 18.0 Å². The number of rotatable bonds is 9. The summed E-state index contributed by atoms with van der Waals surface area (Å²) in [4.78, 5) is 31.2. The Labute approximate surface area is 233 Å². The molecule has 40 heavy (non-hydrogen) atoms. The molecule has 0 radical (unpaired) electrons. The number of benzene rings is 2. The number of likely N-dealkylation sites (tertiary alicyclic amines) is 1. The van der Waals surface area contributed by atoms with E-state index in [4.69, 9.17) is 14.5 Å². The topological polar surface area (TPSA) is 85.7 Å². The Balaban J connectivity index is 1.39. The van der Waals surface area contributed by atoms with Crippen LogP contribution in [-0.4, -0.2) is 58.3 Å². The molecule has 0 saturated carbocycles. The predicted octanol–water partition coefficient (Wildman–Crippen LogP) is 5.28. The molecule has 214 valence electrons. The number of amides is 1. The fourth-order valence-corrected chi connectivity index (χ4v) is 4.56. The second kappa shape index (κ2) is 13.0. The maximum atomic E-state index is 13.9. The van der Waals surface area contributed by atoms with Gasteiger partial charge in [0.2, 0.25) is 0 Å². The first-order chi connectivity index (χ1) is 19.1. The van der Waals surface area contributed by atoms with Crippen LogP contribution in [0.5, 0.6) is 0 Å². The third kappa shape index (κ3) is 8.11. The summed E-state index contributed by atoms with van der Waals surface area (Å²) in [5.74, 6) is -1.34. The lowest BCUT2D eigenvalue weighted by molar-refractivity contribution is -0.143. The molecule has 1 amide bonds. The largest absolute Gasteiger partial charge is 0.460 e. The van der Waals surface area contributed by atoms with Crippen LogP contribution in [0, 0.1) is 11.6 Å². The molecule has 8 nitrogen and oxygen atoms in total. The van der Waals surface area contributed by atoms with Gasteiger partial charge in [-0.2, -0.15) is 0 Å². The molecule has 0 spiro atoms. The number of ether oxygens (including phenoxy) is 2. The van der Waals surface area contributed by atoms with E-state index in [0.717, 1.165) is 23.5 Å². The van der Waals surface area contributed by atoms with E-state index in [2.05, 4.69) is 5.32 Å². The van der Waals surface area contributed by atoms with Crippen molar-refractivity contribution in [3.63, 3.8) is 0 Å². The van der Waals surface area contributed by atoms with Gasteiger partial charge in [-0.3, -0.25) is 4.79 Å². The van der Waals surface area contributed by atoms with E-state index in [9.17, 15) is 18.4 Å². The number of aromatic nitrogens is 2. The highest BCUT2D eigenvalue weighted by molar-refractivity contribution is 5.71. The van der Waals surface area contributed by atoms with Crippen LogP contribution in [0.15, 0.2) is 54.7 Å². The number of imidazole rings is 1. The standard InChI is InChI=1S/C30H36F2N4O4/c1-30(2,3)40-29(38)35-14-11-22(12-15-35)28-34-26(23-9-10-24(31)25(32)17-23)19-36(28)16-13-33-18-27(37)39-20-21-7-5-4-6-8-21/h4-10,17,19,22,33H,11-16,18,20H2,1-3H3. The van der Waals surface area contributed by atoms with Gasteiger partial charge in [-0.25, -0.2) is 18.6 Å². The van der Waals surface area contributed by atoms with Crippen molar-refractivity contribution in [3.8, 4) is 11.3 Å². The van der Waals surface area contributed by atoms with Crippen molar-refractivity contribution in [1.29, 1.82) is 0 Å². The van der Waals surface area contributed by atoms with Crippen molar-refractivity contribution in [2.75, 3.05) is 26.2 Å². The molecule has 2 aromatic carbocycles. The second-order valence-electron chi connectivity index (χ2n) is 10.9. The van der Waals surface area contributed by atoms with E-state index < -0.39 is 17.2 Å². The molecule has 3 aromatic rings. The first-order valence-corrected chi connectivity index (χ1v) is 13.5. The van der Waals surface area contributed by atoms with Gasteiger partial charge in [0.05, 0.1) is 12.2 Å². The van der Waals surface area contributed by atoms with Crippen molar-refractivity contribution in [2.24, 2.45) is 0 Å². The summed E-state index contributed by atoms with van der Waals surface area (Å²) in [6, 6.07) is 13.2. The van der Waals surface area contributed by atoms with Crippen LogP contribution in [0.2, 0.25) is 0 Å². The Morgan fingerprint density at radius 1 is 1.05 bits per heavy atom. The minimum Gasteiger partial charge on any atom is -0.460 e. The van der Waals surface area contributed by atoms with Gasteiger partial charge in [0.15, 0.2) is 11.6 Å². The van der Waals surface area contributed by atoms with Gasteiger partial charge in [-0.1, -0.05) is 30.3 Å². The maximum Gasteiger partial charge on any atom is 0.410 e. The maximum absolute atomic E-state index is 13.9. The second-order valence-corrected chi connectivity index (χ2v) is 10.9. The molecule has 1 aliphatic rings. The Morgan fingerprint density at radius 3 is 2.45 bits per heavy atom. The molecule has 10 heteroatoms. The first-order valence-electron chi connectivity index (χ1n) is 13.5. The van der Waals surface area contributed by atoms with E-state index in [0.29, 0.717) is 50.3 Å². The molecule has 0 bridgehead atoms. The Hall–Kier alpha value is -3.79. The number of esters is 1. The zero-order valence-corrected chi connectivity index (χ0v) is 23.2. The lowest BCUT2D eigenvalue weighted by Crippen LogP contribution is -2.41. The SMILES string of the molecule is CC(C)(C)OC(=O)N1CCC(c2nc(-c3ccc(F)c(F)c3)cn2CCNCC(=O)OCc2ccccc2)CC1. The summed E-state index contributed by atoms with van der Waals surface area (Å²) in [6.07, 6.45) is 2.86. The summed E-state index contributed by atoms with van der Waals surface area (Å²) >= 11 is 0. The number of nitrogens with zero attached hydrogens (tertiary/aromatic N) is 3. The lowest BCUT2D eigenvalue weighted by Gasteiger charge is -2.33. The Kier molecular flexibility index (Phi) is 9.52. The van der Waals surface area contributed by atoms with Crippen molar-refractivity contribution in [3.05, 3.63) is 77.8 Å². The molecule has 1 aliphatic heterocycles. The Morgan fingerprint density at radius 2 is 1.77 bits per heavy atom. The smallest absolute Gasteiger partial charge is 0.410 e. The summed E-state index contributed by atoms with van der Waals surface area (Å²) in [6.45, 7) is 7.81. The van der Waals surface area contributed by atoms with E-state index in [1.165, 1.54) is 6.07 Å². The van der Waals surface area contributed by atoms with Crippen LogP contribution in [0.25, 0.3) is 11.3 Å². The number of carbonyl (C=O) groups is 2. The lowest BCUT2D eigenvalue weighted by atomic mass is 9.96. The van der Waals surface area contributed by atoms with Crippen molar-refractivity contribution < 1.29 is 27.8 Å². The number of halogens is 2. The summed E-state index contributed by atoms with van der Waals surface area (Å²) in [5, 5.41) is 3.11. The molecule has 1 fully saturated rings. The van der Waals surface area contributed by atoms with Gasteiger partial charge in [0.25, 0.3) is 0 Å². The molecular weight excluding hydrogens is 518 g/mol. The normalized spacial score (nSPS) is 14.3. The predicted molar refractivity (Wildman–Crippen MR) is 146 cm³/mol. The minimum absolute atomic E-state index is 0.0567. The van der Waals surface area contributed by atoms with Crippen molar-refractivity contribution in [2.45, 2.75) is 58.3 Å². The van der Waals surface area contributed by atoms with E-state index in [1.807, 2.05) is 61.9 Å². The van der Waals surface area contributed by atoms with E-state index in [-0.39, 0.29) is 31.1 Å². The zero-order chi connectivity index (χ0) is 28.7. The first kappa shape index (κ1) is 29.2. The summed E-state index contributed by atoms with van der Waals surface area (Å²) in [5.41, 5.74) is 1.36. The highest BCUT2D eigenvalue weighted by Crippen LogP contribution is 2.31. The highest BCUT2D eigenvalue weighted by atomic mass is 19.2. The molecule has 0 unspecified atom stereocenters. The molecule has 1 N–H and O–H groups in total. The fraction of sp³-hybridized carbons (Fsp3) is 0.433. The van der Waals surface area contributed by atoms with Gasteiger partial charge >= 0.3 is 12.1 Å². The third-order valence-corrected chi connectivity index (χ3v) is 6.58. The molecule has 1 saturated heterocycles. The van der Waals surface area contributed by atoms with E-state index >= 15 is 0 Å². The zero-order valence-electron chi connectivity index (χ0n) is 23.2. The molecule has 2 heterocycles. The molecule has 1 aromatic heterocycles. The molecular formula is C30H36F2N4O4. The van der Waals surface area contributed by atoms with Gasteiger partial charge in [-0.15, -0.1) is 0 Å². The van der Waals surface area contributed by atoms with Crippen LogP contribution in [0.3, 0.4) is 0 Å². The average Bonchev–Trinajstić information content (AvgIpc) is 3.35. The Bertz CT molecular complexity index is 1300. The molecule has 0 aliphatic carbocycles. The molecule has 0 atom stereocenters. The summed E-state index contributed by atoms with van der Waals surface area (Å²) in [7, 11) is 0. The average molecular weight is 555 g/mol. The molecule has 4 rings (SSSR count). The van der Waals surface area contributed by atoms with Crippen LogP contribution in [0.4, 0.5) is 13.6 Å². The van der Waals surface area contributed by atoms with Crippen LogP contribution < -0.4 is 5.32 Å². The van der Waals surface area contributed by atoms with Crippen LogP contribution in [-0.2, 0) is 27.4 Å². The third-order valence-electron chi connectivity index (χ3n) is 6.58. The van der Waals surface area contributed by atoms with Gasteiger partial charge in [0, 0.05) is 43.9 Å². The number of nitrogens with one attached hydrogen (secondary N) is 1. The number of carbonyl (C=O) groups excluding carboxylic acids is 2. The van der Waals surface area contributed by atoms with Crippen molar-refractivity contribution in [1.82, 2.24) is 19.8 Å². The van der Waals surface area contributed by atoms with Crippen LogP contribution >= 0.6 is 0 Å². The van der Waals surface area contributed by atoms with E-state index in [1.54, 1.807) is 4.90 Å².